The third-order valence-electron chi connectivity index (χ3n) is 2.09. The molecule has 0 radical (unpaired) electrons. The predicted octanol–water partition coefficient (Wildman–Crippen LogP) is 3.44. The molecule has 0 fully saturated rings. The fraction of sp³-hybridized carbons (Fsp3) is 0.538. The van der Waals surface area contributed by atoms with Gasteiger partial charge in [-0.05, 0) is 31.7 Å². The molecule has 0 aliphatic rings. The van der Waals surface area contributed by atoms with Gasteiger partial charge in [0.1, 0.15) is 0 Å². The zero-order chi connectivity index (χ0) is 10.8. The van der Waals surface area contributed by atoms with E-state index in [0.717, 1.165) is 25.8 Å². The molecule has 0 heterocycles. The number of rotatable bonds is 7. The third-order valence-corrected chi connectivity index (χ3v) is 2.09. The summed E-state index contributed by atoms with van der Waals surface area (Å²) in [6.45, 7) is 8.84. The van der Waals surface area contributed by atoms with Crippen LogP contribution in [-0.4, -0.2) is 6.54 Å². The SMILES string of the molecule is C=C[C@H](C)/C=C(\C=C/CC)CCCN. The molecule has 0 aliphatic carbocycles. The van der Waals surface area contributed by atoms with E-state index in [1.165, 1.54) is 5.57 Å². The molecule has 0 amide bonds. The second-order valence-electron chi connectivity index (χ2n) is 3.54. The van der Waals surface area contributed by atoms with Crippen molar-refractivity contribution in [1.82, 2.24) is 0 Å². The van der Waals surface area contributed by atoms with E-state index >= 15 is 0 Å². The van der Waals surface area contributed by atoms with Gasteiger partial charge in [0.25, 0.3) is 0 Å². The molecule has 1 nitrogen and oxygen atoms in total. The molecule has 0 rings (SSSR count). The van der Waals surface area contributed by atoms with Crippen molar-refractivity contribution in [2.45, 2.75) is 33.1 Å². The molecule has 1 heteroatoms. The van der Waals surface area contributed by atoms with Gasteiger partial charge in [-0.15, -0.1) is 6.58 Å². The van der Waals surface area contributed by atoms with E-state index in [1.54, 1.807) is 0 Å². The van der Waals surface area contributed by atoms with Gasteiger partial charge in [0.15, 0.2) is 0 Å². The molecule has 0 unspecified atom stereocenters. The Morgan fingerprint density at radius 2 is 2.21 bits per heavy atom. The van der Waals surface area contributed by atoms with Crippen LogP contribution in [0.5, 0.6) is 0 Å². The molecular formula is C13H23N. The summed E-state index contributed by atoms with van der Waals surface area (Å²) in [5, 5.41) is 0. The molecule has 0 aromatic carbocycles. The molecule has 0 aromatic heterocycles. The molecular weight excluding hydrogens is 170 g/mol. The van der Waals surface area contributed by atoms with Gasteiger partial charge in [-0.2, -0.15) is 0 Å². The fourth-order valence-electron chi connectivity index (χ4n) is 1.20. The summed E-state index contributed by atoms with van der Waals surface area (Å²) >= 11 is 0. The molecule has 0 spiro atoms. The molecule has 0 aromatic rings. The van der Waals surface area contributed by atoms with E-state index in [2.05, 4.69) is 38.7 Å². The minimum absolute atomic E-state index is 0.448. The van der Waals surface area contributed by atoms with Crippen molar-refractivity contribution in [2.75, 3.05) is 6.54 Å². The van der Waals surface area contributed by atoms with Gasteiger partial charge in [-0.25, -0.2) is 0 Å². The summed E-state index contributed by atoms with van der Waals surface area (Å²) in [6.07, 6.45) is 11.8. The van der Waals surface area contributed by atoms with Crippen LogP contribution in [0.1, 0.15) is 33.1 Å². The largest absolute Gasteiger partial charge is 0.330 e. The molecule has 0 saturated heterocycles. The van der Waals surface area contributed by atoms with Gasteiger partial charge in [-0.3, -0.25) is 0 Å². The lowest BCUT2D eigenvalue weighted by molar-refractivity contribution is 0.819. The van der Waals surface area contributed by atoms with Crippen LogP contribution in [0.4, 0.5) is 0 Å². The van der Waals surface area contributed by atoms with E-state index in [9.17, 15) is 0 Å². The average Bonchev–Trinajstić information content (AvgIpc) is 2.21. The lowest BCUT2D eigenvalue weighted by atomic mass is 10.0. The summed E-state index contributed by atoms with van der Waals surface area (Å²) in [5.74, 6) is 0.448. The maximum Gasteiger partial charge on any atom is -0.00741 e. The predicted molar refractivity (Wildman–Crippen MR) is 65.2 cm³/mol. The highest BCUT2D eigenvalue weighted by atomic mass is 14.5. The zero-order valence-corrected chi connectivity index (χ0v) is 9.50. The van der Waals surface area contributed by atoms with E-state index in [-0.39, 0.29) is 0 Å². The summed E-state index contributed by atoms with van der Waals surface area (Å²) in [6, 6.07) is 0. The lowest BCUT2D eigenvalue weighted by Crippen LogP contribution is -1.99. The molecule has 0 saturated carbocycles. The summed E-state index contributed by atoms with van der Waals surface area (Å²) < 4.78 is 0. The van der Waals surface area contributed by atoms with Crippen LogP contribution < -0.4 is 5.73 Å². The standard InChI is InChI=1S/C13H23N/c1-4-6-8-13(9-7-10-14)11-12(3)5-2/h5-6,8,11-12H,2,4,7,9-10,14H2,1,3H3/b8-6-,13-11+/t12-/m0/s1. The quantitative estimate of drug-likeness (QED) is 0.486. The number of nitrogens with two attached hydrogens (primary N) is 1. The second kappa shape index (κ2) is 8.76. The monoisotopic (exact) mass is 193 g/mol. The third kappa shape index (κ3) is 6.67. The van der Waals surface area contributed by atoms with Gasteiger partial charge in [0, 0.05) is 0 Å². The van der Waals surface area contributed by atoms with Crippen LogP contribution >= 0.6 is 0 Å². The van der Waals surface area contributed by atoms with Crippen molar-refractivity contribution >= 4 is 0 Å². The molecule has 0 aliphatic heterocycles. The first-order valence-electron chi connectivity index (χ1n) is 5.44. The van der Waals surface area contributed by atoms with Crippen molar-refractivity contribution in [3.63, 3.8) is 0 Å². The molecule has 80 valence electrons. The molecule has 0 bridgehead atoms. The van der Waals surface area contributed by atoms with Crippen LogP contribution in [-0.2, 0) is 0 Å². The first-order valence-corrected chi connectivity index (χ1v) is 5.44. The number of hydrogen-bond donors (Lipinski definition) is 1. The molecule has 14 heavy (non-hydrogen) atoms. The van der Waals surface area contributed by atoms with Crippen LogP contribution in [0.15, 0.2) is 36.5 Å². The van der Waals surface area contributed by atoms with Crippen LogP contribution in [0.25, 0.3) is 0 Å². The van der Waals surface area contributed by atoms with Crippen molar-refractivity contribution < 1.29 is 0 Å². The maximum atomic E-state index is 5.50. The van der Waals surface area contributed by atoms with Crippen molar-refractivity contribution in [3.05, 3.63) is 36.5 Å². The van der Waals surface area contributed by atoms with E-state index < -0.39 is 0 Å². The average molecular weight is 193 g/mol. The summed E-state index contributed by atoms with van der Waals surface area (Å²) in [7, 11) is 0. The van der Waals surface area contributed by atoms with E-state index in [4.69, 9.17) is 5.73 Å². The van der Waals surface area contributed by atoms with Crippen LogP contribution in [0, 0.1) is 5.92 Å². The zero-order valence-electron chi connectivity index (χ0n) is 9.50. The van der Waals surface area contributed by atoms with E-state index in [1.807, 2.05) is 6.08 Å². The molecule has 2 N–H and O–H groups in total. The lowest BCUT2D eigenvalue weighted by Gasteiger charge is -2.04. The Balaban J connectivity index is 4.28. The Bertz CT molecular complexity index is 201. The smallest absolute Gasteiger partial charge is 0.00741 e. The maximum absolute atomic E-state index is 5.50. The minimum Gasteiger partial charge on any atom is -0.330 e. The highest BCUT2D eigenvalue weighted by molar-refractivity contribution is 5.20. The Morgan fingerprint density at radius 3 is 2.71 bits per heavy atom. The van der Waals surface area contributed by atoms with E-state index in [0.29, 0.717) is 5.92 Å². The van der Waals surface area contributed by atoms with Crippen molar-refractivity contribution in [2.24, 2.45) is 11.7 Å². The van der Waals surface area contributed by atoms with Crippen molar-refractivity contribution in [1.29, 1.82) is 0 Å². The normalized spacial score (nSPS) is 14.6. The van der Waals surface area contributed by atoms with Gasteiger partial charge in [-0.1, -0.05) is 43.7 Å². The molecule has 1 atom stereocenters. The van der Waals surface area contributed by atoms with Crippen LogP contribution in [0.2, 0.25) is 0 Å². The Morgan fingerprint density at radius 1 is 1.50 bits per heavy atom. The van der Waals surface area contributed by atoms with Crippen LogP contribution in [0.3, 0.4) is 0 Å². The van der Waals surface area contributed by atoms with Crippen molar-refractivity contribution in [3.8, 4) is 0 Å². The highest BCUT2D eigenvalue weighted by Crippen LogP contribution is 2.11. The summed E-state index contributed by atoms with van der Waals surface area (Å²) in [4.78, 5) is 0. The minimum atomic E-state index is 0.448. The summed E-state index contributed by atoms with van der Waals surface area (Å²) in [5.41, 5.74) is 6.88. The highest BCUT2D eigenvalue weighted by Gasteiger charge is 1.95. The first-order chi connectivity index (χ1) is 6.74. The topological polar surface area (TPSA) is 26.0 Å². The number of hydrogen-bond acceptors (Lipinski definition) is 1. The first kappa shape index (κ1) is 13.2. The second-order valence-corrected chi connectivity index (χ2v) is 3.54. The van der Waals surface area contributed by atoms with Gasteiger partial charge in [0.05, 0.1) is 0 Å². The fourth-order valence-corrected chi connectivity index (χ4v) is 1.20. The Kier molecular flexibility index (Phi) is 8.25. The van der Waals surface area contributed by atoms with Gasteiger partial charge in [0.2, 0.25) is 0 Å². The Labute approximate surface area is 88.4 Å². The Hall–Kier alpha value is -0.820. The van der Waals surface area contributed by atoms with Gasteiger partial charge < -0.3 is 5.73 Å². The van der Waals surface area contributed by atoms with Gasteiger partial charge >= 0.3 is 0 Å². The number of allylic oxidation sites excluding steroid dienone is 5.